The molecule has 2 aromatic heterocycles. The van der Waals surface area contributed by atoms with E-state index in [4.69, 9.17) is 21.8 Å². The number of fused-ring (bicyclic) bond motifs is 1. The minimum absolute atomic E-state index is 0.434. The Morgan fingerprint density at radius 2 is 2.26 bits per heavy atom. The first-order valence-corrected chi connectivity index (χ1v) is 6.22. The SMILES string of the molecule is Cc1cc(Cl)cc2nc(-c3cn(CCN)nn3)oc12. The summed E-state index contributed by atoms with van der Waals surface area (Å²) in [5.74, 6) is 0.434. The maximum Gasteiger partial charge on any atom is 0.249 e. The third-order valence-corrected chi connectivity index (χ3v) is 2.97. The van der Waals surface area contributed by atoms with Crippen molar-refractivity contribution in [3.05, 3.63) is 28.9 Å². The van der Waals surface area contributed by atoms with Crippen LogP contribution in [-0.2, 0) is 6.54 Å². The molecule has 0 atom stereocenters. The molecule has 1 aromatic carbocycles. The number of nitrogens with two attached hydrogens (primary N) is 1. The van der Waals surface area contributed by atoms with Crippen LogP contribution in [0.4, 0.5) is 0 Å². The zero-order chi connectivity index (χ0) is 13.4. The van der Waals surface area contributed by atoms with E-state index in [1.165, 1.54) is 0 Å². The Kier molecular flexibility index (Phi) is 2.96. The molecule has 0 aliphatic rings. The average molecular weight is 278 g/mol. The van der Waals surface area contributed by atoms with Crippen molar-refractivity contribution < 1.29 is 4.42 Å². The van der Waals surface area contributed by atoms with Crippen molar-refractivity contribution in [1.29, 1.82) is 0 Å². The molecule has 0 amide bonds. The number of aryl methyl sites for hydroxylation is 1. The summed E-state index contributed by atoms with van der Waals surface area (Å²) >= 11 is 6.00. The molecule has 0 unspecified atom stereocenters. The van der Waals surface area contributed by atoms with Crippen molar-refractivity contribution in [2.24, 2.45) is 5.73 Å². The van der Waals surface area contributed by atoms with Gasteiger partial charge in [-0.2, -0.15) is 0 Å². The predicted molar refractivity (Wildman–Crippen MR) is 71.8 cm³/mol. The second kappa shape index (κ2) is 4.64. The van der Waals surface area contributed by atoms with Crippen molar-refractivity contribution in [3.8, 4) is 11.6 Å². The molecule has 3 rings (SSSR count). The van der Waals surface area contributed by atoms with Gasteiger partial charge in [0.15, 0.2) is 11.3 Å². The van der Waals surface area contributed by atoms with Crippen LogP contribution >= 0.6 is 11.6 Å². The molecule has 7 heteroatoms. The molecule has 6 nitrogen and oxygen atoms in total. The highest BCUT2D eigenvalue weighted by atomic mass is 35.5. The van der Waals surface area contributed by atoms with E-state index in [1.807, 2.05) is 13.0 Å². The number of halogens is 1. The molecule has 0 radical (unpaired) electrons. The van der Waals surface area contributed by atoms with Crippen molar-refractivity contribution in [1.82, 2.24) is 20.0 Å². The van der Waals surface area contributed by atoms with Crippen LogP contribution in [0.5, 0.6) is 0 Å². The zero-order valence-corrected chi connectivity index (χ0v) is 11.1. The molecule has 0 spiro atoms. The lowest BCUT2D eigenvalue weighted by atomic mass is 10.2. The lowest BCUT2D eigenvalue weighted by Crippen LogP contribution is -2.10. The average Bonchev–Trinajstić information content (AvgIpc) is 2.95. The first-order valence-electron chi connectivity index (χ1n) is 5.84. The van der Waals surface area contributed by atoms with E-state index in [2.05, 4.69) is 15.3 Å². The van der Waals surface area contributed by atoms with E-state index >= 15 is 0 Å². The van der Waals surface area contributed by atoms with E-state index < -0.39 is 0 Å². The van der Waals surface area contributed by atoms with E-state index in [0.29, 0.717) is 40.8 Å². The van der Waals surface area contributed by atoms with Gasteiger partial charge in [0.05, 0.1) is 12.7 Å². The summed E-state index contributed by atoms with van der Waals surface area (Å²) in [5, 5.41) is 8.61. The van der Waals surface area contributed by atoms with Crippen LogP contribution in [0.15, 0.2) is 22.7 Å². The molecule has 0 saturated carbocycles. The number of hydrogen-bond acceptors (Lipinski definition) is 5. The normalized spacial score (nSPS) is 11.3. The highest BCUT2D eigenvalue weighted by Crippen LogP contribution is 2.27. The number of benzene rings is 1. The molecular formula is C12H12ClN5O. The second-order valence-corrected chi connectivity index (χ2v) is 4.68. The van der Waals surface area contributed by atoms with Gasteiger partial charge in [-0.3, -0.25) is 4.68 Å². The monoisotopic (exact) mass is 277 g/mol. The number of aromatic nitrogens is 4. The van der Waals surface area contributed by atoms with Crippen molar-refractivity contribution in [3.63, 3.8) is 0 Å². The van der Waals surface area contributed by atoms with Crippen LogP contribution in [0, 0.1) is 6.92 Å². The van der Waals surface area contributed by atoms with Crippen molar-refractivity contribution in [2.75, 3.05) is 6.54 Å². The second-order valence-electron chi connectivity index (χ2n) is 4.25. The summed E-state index contributed by atoms with van der Waals surface area (Å²) in [6, 6.07) is 3.60. The molecule has 0 aliphatic heterocycles. The summed E-state index contributed by atoms with van der Waals surface area (Å²) in [4.78, 5) is 4.38. The van der Waals surface area contributed by atoms with Gasteiger partial charge in [0.1, 0.15) is 5.52 Å². The van der Waals surface area contributed by atoms with Gasteiger partial charge in [-0.05, 0) is 24.6 Å². The molecule has 0 aliphatic carbocycles. The Morgan fingerprint density at radius 1 is 1.42 bits per heavy atom. The Bertz CT molecular complexity index is 733. The summed E-state index contributed by atoms with van der Waals surface area (Å²) in [7, 11) is 0. The van der Waals surface area contributed by atoms with Crippen LogP contribution in [0.3, 0.4) is 0 Å². The first kappa shape index (κ1) is 12.1. The summed E-state index contributed by atoms with van der Waals surface area (Å²) < 4.78 is 7.37. The highest BCUT2D eigenvalue weighted by molar-refractivity contribution is 6.31. The molecule has 19 heavy (non-hydrogen) atoms. The minimum Gasteiger partial charge on any atom is -0.434 e. The maximum atomic E-state index is 6.00. The molecule has 0 fully saturated rings. The predicted octanol–water partition coefficient (Wildman–Crippen LogP) is 2.01. The lowest BCUT2D eigenvalue weighted by Gasteiger charge is -1.93. The largest absolute Gasteiger partial charge is 0.434 e. The fourth-order valence-corrected chi connectivity index (χ4v) is 2.17. The van der Waals surface area contributed by atoms with Crippen LogP contribution < -0.4 is 5.73 Å². The van der Waals surface area contributed by atoms with Crippen molar-refractivity contribution >= 4 is 22.7 Å². The van der Waals surface area contributed by atoms with Crippen LogP contribution in [0.1, 0.15) is 5.56 Å². The summed E-state index contributed by atoms with van der Waals surface area (Å²) in [5.41, 5.74) is 8.42. The Morgan fingerprint density at radius 3 is 3.05 bits per heavy atom. The van der Waals surface area contributed by atoms with Gasteiger partial charge in [0.25, 0.3) is 0 Å². The smallest absolute Gasteiger partial charge is 0.249 e. The van der Waals surface area contributed by atoms with Crippen LogP contribution in [0.2, 0.25) is 5.02 Å². The van der Waals surface area contributed by atoms with Gasteiger partial charge in [-0.15, -0.1) is 5.10 Å². The van der Waals surface area contributed by atoms with Gasteiger partial charge in [0, 0.05) is 11.6 Å². The standard InChI is InChI=1S/C12H12ClN5O/c1-7-4-8(13)5-9-11(7)19-12(15-9)10-6-18(3-2-14)17-16-10/h4-6H,2-3,14H2,1H3. The summed E-state index contributed by atoms with van der Waals surface area (Å²) in [6.45, 7) is 3.04. The maximum absolute atomic E-state index is 6.00. The molecule has 0 bridgehead atoms. The molecule has 2 heterocycles. The van der Waals surface area contributed by atoms with Crippen LogP contribution in [-0.4, -0.2) is 26.5 Å². The van der Waals surface area contributed by atoms with Gasteiger partial charge in [0.2, 0.25) is 5.89 Å². The first-order chi connectivity index (χ1) is 9.17. The van der Waals surface area contributed by atoms with Gasteiger partial charge in [-0.25, -0.2) is 4.98 Å². The van der Waals surface area contributed by atoms with Gasteiger partial charge < -0.3 is 10.2 Å². The number of oxazole rings is 1. The van der Waals surface area contributed by atoms with E-state index in [-0.39, 0.29) is 0 Å². The quantitative estimate of drug-likeness (QED) is 0.792. The zero-order valence-electron chi connectivity index (χ0n) is 10.3. The number of nitrogens with zero attached hydrogens (tertiary/aromatic N) is 4. The molecule has 0 saturated heterocycles. The van der Waals surface area contributed by atoms with E-state index in [1.54, 1.807) is 16.9 Å². The minimum atomic E-state index is 0.434. The van der Waals surface area contributed by atoms with E-state index in [0.717, 1.165) is 5.56 Å². The fraction of sp³-hybridized carbons (Fsp3) is 0.250. The molecular weight excluding hydrogens is 266 g/mol. The van der Waals surface area contributed by atoms with Crippen molar-refractivity contribution in [2.45, 2.75) is 13.5 Å². The topological polar surface area (TPSA) is 82.8 Å². The Hall–Kier alpha value is -1.92. The molecule has 98 valence electrons. The highest BCUT2D eigenvalue weighted by Gasteiger charge is 2.13. The third-order valence-electron chi connectivity index (χ3n) is 2.76. The van der Waals surface area contributed by atoms with Gasteiger partial charge >= 0.3 is 0 Å². The molecule has 3 aromatic rings. The third kappa shape index (κ3) is 2.20. The molecule has 2 N–H and O–H groups in total. The fourth-order valence-electron chi connectivity index (χ4n) is 1.90. The van der Waals surface area contributed by atoms with Gasteiger partial charge in [-0.1, -0.05) is 16.8 Å². The number of hydrogen-bond donors (Lipinski definition) is 1. The number of rotatable bonds is 3. The Labute approximate surface area is 114 Å². The lowest BCUT2D eigenvalue weighted by molar-refractivity contribution is 0.598. The van der Waals surface area contributed by atoms with E-state index in [9.17, 15) is 0 Å². The Balaban J connectivity index is 2.07. The summed E-state index contributed by atoms with van der Waals surface area (Å²) in [6.07, 6.45) is 1.76. The van der Waals surface area contributed by atoms with Crippen LogP contribution in [0.25, 0.3) is 22.7 Å².